The van der Waals surface area contributed by atoms with Crippen molar-refractivity contribution in [2.24, 2.45) is 0 Å². The van der Waals surface area contributed by atoms with Gasteiger partial charge in [0.1, 0.15) is 5.01 Å². The molecule has 0 radical (unpaired) electrons. The molecule has 1 aliphatic carbocycles. The Morgan fingerprint density at radius 2 is 2.00 bits per heavy atom. The van der Waals surface area contributed by atoms with Crippen LogP contribution in [0.25, 0.3) is 10.6 Å². The predicted molar refractivity (Wildman–Crippen MR) is 93.1 cm³/mol. The lowest BCUT2D eigenvalue weighted by atomic mass is 9.92. The lowest BCUT2D eigenvalue weighted by Crippen LogP contribution is -2.32. The summed E-state index contributed by atoms with van der Waals surface area (Å²) in [5.41, 5.74) is 3.21. The maximum Gasteiger partial charge on any atom is 0.248 e. The molecule has 0 saturated heterocycles. The monoisotopic (exact) mass is 350 g/mol. The number of benzene rings is 1. The SMILES string of the molecule is CC(=O)c1cc(NC2CCC(F)(F)CC2)cc(-c2nc(C)cs2)c1. The van der Waals surface area contributed by atoms with Crippen molar-refractivity contribution in [2.45, 2.75) is 51.5 Å². The number of halogens is 2. The van der Waals surface area contributed by atoms with E-state index in [0.29, 0.717) is 18.4 Å². The average molecular weight is 350 g/mol. The van der Waals surface area contributed by atoms with E-state index in [4.69, 9.17) is 0 Å². The molecule has 1 aliphatic rings. The number of nitrogens with one attached hydrogen (secondary N) is 1. The smallest absolute Gasteiger partial charge is 0.248 e. The van der Waals surface area contributed by atoms with Crippen LogP contribution in [0.2, 0.25) is 0 Å². The molecule has 0 spiro atoms. The van der Waals surface area contributed by atoms with Crippen LogP contribution in [-0.2, 0) is 0 Å². The number of carbonyl (C=O) groups is 1. The highest BCUT2D eigenvalue weighted by atomic mass is 32.1. The van der Waals surface area contributed by atoms with E-state index in [9.17, 15) is 13.6 Å². The van der Waals surface area contributed by atoms with Crippen molar-refractivity contribution in [1.29, 1.82) is 0 Å². The van der Waals surface area contributed by atoms with Crippen LogP contribution < -0.4 is 5.32 Å². The van der Waals surface area contributed by atoms with Gasteiger partial charge in [0, 0.05) is 46.8 Å². The molecule has 1 aromatic carbocycles. The van der Waals surface area contributed by atoms with Gasteiger partial charge in [-0.25, -0.2) is 13.8 Å². The molecule has 1 heterocycles. The molecule has 2 aromatic rings. The summed E-state index contributed by atoms with van der Waals surface area (Å²) in [4.78, 5) is 16.3. The number of thiazole rings is 1. The lowest BCUT2D eigenvalue weighted by Gasteiger charge is -2.29. The van der Waals surface area contributed by atoms with Gasteiger partial charge >= 0.3 is 0 Å². The topological polar surface area (TPSA) is 42.0 Å². The van der Waals surface area contributed by atoms with Gasteiger partial charge in [-0.1, -0.05) is 0 Å². The number of nitrogens with zero attached hydrogens (tertiary/aromatic N) is 1. The minimum atomic E-state index is -2.54. The first-order chi connectivity index (χ1) is 11.3. The van der Waals surface area contributed by atoms with Gasteiger partial charge in [0.25, 0.3) is 0 Å². The summed E-state index contributed by atoms with van der Waals surface area (Å²) in [5, 5.41) is 6.14. The molecule has 24 heavy (non-hydrogen) atoms. The number of ketones is 1. The minimum absolute atomic E-state index is 0.0118. The molecule has 6 heteroatoms. The molecule has 1 fully saturated rings. The number of anilines is 1. The van der Waals surface area contributed by atoms with Gasteiger partial charge in [0.15, 0.2) is 5.78 Å². The van der Waals surface area contributed by atoms with Crippen molar-refractivity contribution in [1.82, 2.24) is 4.98 Å². The Labute approximate surface area is 144 Å². The summed E-state index contributed by atoms with van der Waals surface area (Å²) in [6.45, 7) is 3.45. The third kappa shape index (κ3) is 3.98. The molecular formula is C18H20F2N2OS. The third-order valence-corrected chi connectivity index (χ3v) is 5.30. The number of aryl methyl sites for hydroxylation is 1. The van der Waals surface area contributed by atoms with Gasteiger partial charge in [-0.05, 0) is 44.9 Å². The van der Waals surface area contributed by atoms with Crippen molar-refractivity contribution < 1.29 is 13.6 Å². The van der Waals surface area contributed by atoms with Crippen LogP contribution in [-0.4, -0.2) is 22.7 Å². The molecule has 128 valence electrons. The number of Topliss-reactive ketones (excluding diaryl/α,β-unsaturated/α-hetero) is 1. The second kappa shape index (κ2) is 6.59. The fourth-order valence-electron chi connectivity index (χ4n) is 2.94. The Bertz CT molecular complexity index is 747. The molecule has 1 aromatic heterocycles. The summed E-state index contributed by atoms with van der Waals surface area (Å²) < 4.78 is 26.6. The Hall–Kier alpha value is -1.82. The largest absolute Gasteiger partial charge is 0.382 e. The van der Waals surface area contributed by atoms with E-state index >= 15 is 0 Å². The minimum Gasteiger partial charge on any atom is -0.382 e. The number of rotatable bonds is 4. The zero-order valence-electron chi connectivity index (χ0n) is 13.7. The first kappa shape index (κ1) is 17.0. The molecule has 3 nitrogen and oxygen atoms in total. The summed E-state index contributed by atoms with van der Waals surface area (Å²) >= 11 is 1.53. The van der Waals surface area contributed by atoms with Crippen LogP contribution >= 0.6 is 11.3 Å². The lowest BCUT2D eigenvalue weighted by molar-refractivity contribution is -0.0360. The molecule has 0 unspecified atom stereocenters. The fourth-order valence-corrected chi connectivity index (χ4v) is 3.73. The first-order valence-electron chi connectivity index (χ1n) is 8.05. The van der Waals surface area contributed by atoms with Gasteiger partial charge in [0.05, 0.1) is 0 Å². The van der Waals surface area contributed by atoms with Crippen LogP contribution in [0.4, 0.5) is 14.5 Å². The fraction of sp³-hybridized carbons (Fsp3) is 0.444. The quantitative estimate of drug-likeness (QED) is 0.760. The molecule has 0 amide bonds. The van der Waals surface area contributed by atoms with E-state index in [1.54, 1.807) is 6.07 Å². The van der Waals surface area contributed by atoms with E-state index in [0.717, 1.165) is 22.0 Å². The second-order valence-electron chi connectivity index (χ2n) is 6.42. The van der Waals surface area contributed by atoms with Crippen LogP contribution in [0, 0.1) is 6.92 Å². The van der Waals surface area contributed by atoms with Crippen molar-refractivity contribution in [2.75, 3.05) is 5.32 Å². The predicted octanol–water partition coefficient (Wildman–Crippen LogP) is 5.31. The van der Waals surface area contributed by atoms with Gasteiger partial charge < -0.3 is 5.32 Å². The second-order valence-corrected chi connectivity index (χ2v) is 7.28. The standard InChI is InChI=1S/C18H20F2N2OS/c1-11-10-24-17(21-11)14-7-13(12(2)23)8-16(9-14)22-15-3-5-18(19,20)6-4-15/h7-10,15,22H,3-6H2,1-2H3. The molecule has 0 bridgehead atoms. The number of hydrogen-bond donors (Lipinski definition) is 1. The molecule has 1 saturated carbocycles. The van der Waals surface area contributed by atoms with Gasteiger partial charge in [0.2, 0.25) is 5.92 Å². The molecule has 3 rings (SSSR count). The number of hydrogen-bond acceptors (Lipinski definition) is 4. The maximum atomic E-state index is 13.3. The normalized spacial score (nSPS) is 17.7. The number of carbonyl (C=O) groups excluding carboxylic acids is 1. The average Bonchev–Trinajstić information content (AvgIpc) is 2.96. The highest BCUT2D eigenvalue weighted by Gasteiger charge is 2.34. The Morgan fingerprint density at radius 1 is 1.29 bits per heavy atom. The number of aromatic nitrogens is 1. The van der Waals surface area contributed by atoms with E-state index in [1.807, 2.05) is 24.4 Å². The maximum absolute atomic E-state index is 13.3. The zero-order valence-corrected chi connectivity index (χ0v) is 14.6. The summed E-state index contributed by atoms with van der Waals surface area (Å²) in [5.74, 6) is -2.56. The van der Waals surface area contributed by atoms with Gasteiger partial charge in [-0.2, -0.15) is 0 Å². The third-order valence-electron chi connectivity index (χ3n) is 4.29. The Morgan fingerprint density at radius 3 is 2.58 bits per heavy atom. The summed E-state index contributed by atoms with van der Waals surface area (Å²) in [6, 6.07) is 5.58. The Kier molecular flexibility index (Phi) is 4.67. The van der Waals surface area contributed by atoms with Crippen LogP contribution in [0.15, 0.2) is 23.6 Å². The van der Waals surface area contributed by atoms with Crippen LogP contribution in [0.5, 0.6) is 0 Å². The van der Waals surface area contributed by atoms with Gasteiger partial charge in [-0.15, -0.1) is 11.3 Å². The van der Waals surface area contributed by atoms with Crippen molar-refractivity contribution in [3.05, 3.63) is 34.8 Å². The Balaban J connectivity index is 1.84. The van der Waals surface area contributed by atoms with Crippen molar-refractivity contribution in [3.8, 4) is 10.6 Å². The zero-order chi connectivity index (χ0) is 17.3. The molecular weight excluding hydrogens is 330 g/mol. The molecule has 1 N–H and O–H groups in total. The van der Waals surface area contributed by atoms with E-state index in [-0.39, 0.29) is 24.7 Å². The molecule has 0 atom stereocenters. The summed E-state index contributed by atoms with van der Waals surface area (Å²) in [6.07, 6.45) is 0.692. The van der Waals surface area contributed by atoms with Crippen LogP contribution in [0.1, 0.15) is 48.7 Å². The number of alkyl halides is 2. The van der Waals surface area contributed by atoms with E-state index < -0.39 is 5.92 Å². The van der Waals surface area contributed by atoms with Crippen LogP contribution in [0.3, 0.4) is 0 Å². The van der Waals surface area contributed by atoms with E-state index in [2.05, 4.69) is 10.3 Å². The highest BCUT2D eigenvalue weighted by molar-refractivity contribution is 7.13. The van der Waals surface area contributed by atoms with E-state index in [1.165, 1.54) is 18.3 Å². The van der Waals surface area contributed by atoms with Crippen molar-refractivity contribution in [3.63, 3.8) is 0 Å². The van der Waals surface area contributed by atoms with Crippen molar-refractivity contribution >= 4 is 22.8 Å². The summed E-state index contributed by atoms with van der Waals surface area (Å²) in [7, 11) is 0. The first-order valence-corrected chi connectivity index (χ1v) is 8.93. The molecule has 0 aliphatic heterocycles. The van der Waals surface area contributed by atoms with Gasteiger partial charge in [-0.3, -0.25) is 4.79 Å². The highest BCUT2D eigenvalue weighted by Crippen LogP contribution is 2.35.